The second-order valence-electron chi connectivity index (χ2n) is 8.71. The Labute approximate surface area is 143 Å². The third kappa shape index (κ3) is 3.93. The molecule has 2 saturated carbocycles. The van der Waals surface area contributed by atoms with Crippen LogP contribution in [0.25, 0.3) is 0 Å². The molecule has 23 heavy (non-hydrogen) atoms. The van der Waals surface area contributed by atoms with Gasteiger partial charge >= 0.3 is 0 Å². The van der Waals surface area contributed by atoms with Crippen LogP contribution in [-0.4, -0.2) is 48.5 Å². The number of rotatable bonds is 10. The lowest BCUT2D eigenvalue weighted by Crippen LogP contribution is -2.38. The van der Waals surface area contributed by atoms with Crippen molar-refractivity contribution in [3.05, 3.63) is 0 Å². The molecule has 0 spiro atoms. The number of aliphatic hydroxyl groups is 1. The van der Waals surface area contributed by atoms with Gasteiger partial charge in [-0.25, -0.2) is 0 Å². The number of hydrogen-bond donors (Lipinski definition) is 1. The van der Waals surface area contributed by atoms with E-state index >= 15 is 0 Å². The van der Waals surface area contributed by atoms with Gasteiger partial charge < -0.3 is 14.7 Å². The highest BCUT2D eigenvalue weighted by atomic mass is 16.5. The maximum Gasteiger partial charge on any atom is 0.0689 e. The second-order valence-corrected chi connectivity index (χ2v) is 8.71. The lowest BCUT2D eigenvalue weighted by Gasteiger charge is -2.39. The van der Waals surface area contributed by atoms with E-state index < -0.39 is 0 Å². The molecule has 2 aliphatic carbocycles. The van der Waals surface area contributed by atoms with Gasteiger partial charge in [0.15, 0.2) is 0 Å². The van der Waals surface area contributed by atoms with Crippen LogP contribution >= 0.6 is 0 Å². The van der Waals surface area contributed by atoms with E-state index in [1.165, 1.54) is 19.3 Å². The van der Waals surface area contributed by atoms with Gasteiger partial charge in [-0.2, -0.15) is 0 Å². The zero-order valence-corrected chi connectivity index (χ0v) is 16.1. The fourth-order valence-corrected chi connectivity index (χ4v) is 5.04. The van der Waals surface area contributed by atoms with Crippen molar-refractivity contribution in [2.75, 3.05) is 26.2 Å². The van der Waals surface area contributed by atoms with Gasteiger partial charge in [0.2, 0.25) is 0 Å². The van der Waals surface area contributed by atoms with E-state index in [1.807, 2.05) is 0 Å². The molecule has 2 bridgehead atoms. The summed E-state index contributed by atoms with van der Waals surface area (Å²) >= 11 is 0. The quantitative estimate of drug-likeness (QED) is 0.656. The first-order valence-corrected chi connectivity index (χ1v) is 9.87. The molecule has 3 heteroatoms. The van der Waals surface area contributed by atoms with Crippen LogP contribution in [0.15, 0.2) is 0 Å². The average molecular weight is 326 g/mol. The molecule has 0 radical (unpaired) electrons. The van der Waals surface area contributed by atoms with Gasteiger partial charge in [0.25, 0.3) is 0 Å². The molecule has 4 atom stereocenters. The van der Waals surface area contributed by atoms with Crippen LogP contribution in [-0.2, 0) is 4.74 Å². The topological polar surface area (TPSA) is 32.7 Å². The van der Waals surface area contributed by atoms with E-state index in [0.29, 0.717) is 23.5 Å². The Balaban J connectivity index is 1.73. The Morgan fingerprint density at radius 1 is 1.17 bits per heavy atom. The van der Waals surface area contributed by atoms with Gasteiger partial charge in [-0.15, -0.1) is 0 Å². The molecule has 0 unspecified atom stereocenters. The summed E-state index contributed by atoms with van der Waals surface area (Å²) in [5.74, 6) is 0.826. The number of hydrogen-bond acceptors (Lipinski definition) is 3. The molecule has 0 aliphatic heterocycles. The number of fused-ring (bicyclic) bond motifs is 2. The lowest BCUT2D eigenvalue weighted by molar-refractivity contribution is -0.0564. The van der Waals surface area contributed by atoms with Crippen molar-refractivity contribution < 1.29 is 9.84 Å². The fraction of sp³-hybridized carbons (Fsp3) is 1.00. The van der Waals surface area contributed by atoms with Crippen LogP contribution in [0, 0.1) is 16.7 Å². The van der Waals surface area contributed by atoms with E-state index in [1.54, 1.807) is 0 Å². The molecule has 3 nitrogen and oxygen atoms in total. The van der Waals surface area contributed by atoms with Crippen LogP contribution < -0.4 is 0 Å². The highest BCUT2D eigenvalue weighted by molar-refractivity contribution is 5.11. The van der Waals surface area contributed by atoms with E-state index in [2.05, 4.69) is 39.5 Å². The van der Waals surface area contributed by atoms with E-state index in [-0.39, 0.29) is 6.10 Å². The number of ether oxygens (including phenoxy) is 1. The minimum absolute atomic E-state index is 0.257. The minimum atomic E-state index is -0.257. The minimum Gasteiger partial charge on any atom is -0.392 e. The summed E-state index contributed by atoms with van der Waals surface area (Å²) < 4.78 is 6.27. The monoisotopic (exact) mass is 325 g/mol. The molecule has 0 heterocycles. The summed E-state index contributed by atoms with van der Waals surface area (Å²) in [7, 11) is 0. The van der Waals surface area contributed by atoms with Gasteiger partial charge in [-0.05, 0) is 68.4 Å². The first-order valence-electron chi connectivity index (χ1n) is 9.87. The zero-order chi connectivity index (χ0) is 17.1. The highest BCUT2D eigenvalue weighted by Gasteiger charge is 2.61. The van der Waals surface area contributed by atoms with Gasteiger partial charge in [-0.1, -0.05) is 34.6 Å². The Kier molecular flexibility index (Phi) is 6.55. The van der Waals surface area contributed by atoms with Crippen molar-refractivity contribution in [3.63, 3.8) is 0 Å². The summed E-state index contributed by atoms with van der Waals surface area (Å²) in [6.07, 6.45) is 7.10. The molecular weight excluding hydrogens is 286 g/mol. The van der Waals surface area contributed by atoms with E-state index in [0.717, 1.165) is 44.8 Å². The number of nitrogens with zero attached hydrogens (tertiary/aromatic N) is 1. The molecule has 0 amide bonds. The Morgan fingerprint density at radius 2 is 1.83 bits per heavy atom. The molecule has 0 aromatic heterocycles. The van der Waals surface area contributed by atoms with E-state index in [9.17, 15) is 5.11 Å². The van der Waals surface area contributed by atoms with Crippen molar-refractivity contribution in [1.29, 1.82) is 0 Å². The van der Waals surface area contributed by atoms with Crippen LogP contribution in [0.4, 0.5) is 0 Å². The predicted molar refractivity (Wildman–Crippen MR) is 96.6 cm³/mol. The summed E-state index contributed by atoms with van der Waals surface area (Å²) in [5, 5.41) is 10.3. The summed E-state index contributed by atoms with van der Waals surface area (Å²) in [5.41, 5.74) is 0.744. The molecule has 2 aliphatic rings. The predicted octanol–water partition coefficient (Wildman–Crippen LogP) is 4.09. The van der Waals surface area contributed by atoms with Gasteiger partial charge in [0.1, 0.15) is 0 Å². The van der Waals surface area contributed by atoms with Crippen LogP contribution in [0.1, 0.15) is 73.1 Å². The lowest BCUT2D eigenvalue weighted by atomic mass is 9.70. The molecule has 0 aromatic carbocycles. The van der Waals surface area contributed by atoms with Gasteiger partial charge in [-0.3, -0.25) is 0 Å². The first kappa shape index (κ1) is 19.2. The van der Waals surface area contributed by atoms with Crippen molar-refractivity contribution in [2.24, 2.45) is 16.7 Å². The molecular formula is C20H39NO2. The number of aliphatic hydroxyl groups excluding tert-OH is 1. The second kappa shape index (κ2) is 7.84. The Hall–Kier alpha value is -0.120. The fourth-order valence-electron chi connectivity index (χ4n) is 5.04. The Bertz CT molecular complexity index is 365. The SMILES string of the molecule is CCCN(CCC)C[C@H](O)CCO[C@@H]1C[C@@H]2CC[C@]1(C)C2(C)C. The molecule has 1 N–H and O–H groups in total. The first-order chi connectivity index (χ1) is 10.8. The summed E-state index contributed by atoms with van der Waals surface area (Å²) in [6.45, 7) is 15.4. The zero-order valence-electron chi connectivity index (χ0n) is 16.1. The Morgan fingerprint density at radius 3 is 2.30 bits per heavy atom. The normalized spacial score (nSPS) is 33.5. The molecule has 2 rings (SSSR count). The highest BCUT2D eigenvalue weighted by Crippen LogP contribution is 2.66. The molecule has 0 saturated heterocycles. The standard InChI is InChI=1S/C20H39NO2/c1-6-11-21(12-7-2)15-17(22)9-13-23-18-14-16-8-10-20(18,5)19(16,3)4/h16-18,22H,6-15H2,1-5H3/t16-,17+,18+,20-/m0/s1. The summed E-state index contributed by atoms with van der Waals surface area (Å²) in [6, 6.07) is 0. The summed E-state index contributed by atoms with van der Waals surface area (Å²) in [4.78, 5) is 2.38. The van der Waals surface area contributed by atoms with Crippen molar-refractivity contribution in [1.82, 2.24) is 4.90 Å². The van der Waals surface area contributed by atoms with Crippen LogP contribution in [0.3, 0.4) is 0 Å². The molecule has 2 fully saturated rings. The van der Waals surface area contributed by atoms with Crippen molar-refractivity contribution in [3.8, 4) is 0 Å². The van der Waals surface area contributed by atoms with Crippen molar-refractivity contribution >= 4 is 0 Å². The maximum atomic E-state index is 10.3. The third-order valence-electron chi connectivity index (χ3n) is 7.03. The van der Waals surface area contributed by atoms with Gasteiger partial charge in [0.05, 0.1) is 12.2 Å². The van der Waals surface area contributed by atoms with Crippen LogP contribution in [0.5, 0.6) is 0 Å². The molecule has 136 valence electrons. The van der Waals surface area contributed by atoms with E-state index in [4.69, 9.17) is 4.74 Å². The molecule has 0 aromatic rings. The third-order valence-corrected chi connectivity index (χ3v) is 7.03. The average Bonchev–Trinajstić information content (AvgIpc) is 2.81. The smallest absolute Gasteiger partial charge is 0.0689 e. The van der Waals surface area contributed by atoms with Crippen LogP contribution in [0.2, 0.25) is 0 Å². The van der Waals surface area contributed by atoms with Gasteiger partial charge in [0, 0.05) is 13.2 Å². The van der Waals surface area contributed by atoms with Crippen molar-refractivity contribution in [2.45, 2.75) is 85.4 Å². The largest absolute Gasteiger partial charge is 0.392 e. The maximum absolute atomic E-state index is 10.3.